The van der Waals surface area contributed by atoms with Gasteiger partial charge in [0.1, 0.15) is 0 Å². The number of nitrogens with two attached hydrogens (primary N) is 1. The fraction of sp³-hybridized carbons (Fsp3) is 0.923. The zero-order chi connectivity index (χ0) is 12.2. The van der Waals surface area contributed by atoms with E-state index in [1.807, 2.05) is 0 Å². The van der Waals surface area contributed by atoms with E-state index in [2.05, 4.69) is 26.1 Å². The minimum absolute atomic E-state index is 0.119. The molecule has 3 heteroatoms. The van der Waals surface area contributed by atoms with Crippen molar-refractivity contribution < 1.29 is 4.79 Å². The summed E-state index contributed by atoms with van der Waals surface area (Å²) in [6.07, 6.45) is 5.85. The highest BCUT2D eigenvalue weighted by Crippen LogP contribution is 2.29. The van der Waals surface area contributed by atoms with Gasteiger partial charge in [0.2, 0.25) is 5.91 Å². The highest BCUT2D eigenvalue weighted by atomic mass is 16.1. The Morgan fingerprint density at radius 1 is 1.31 bits per heavy atom. The molecule has 3 nitrogen and oxygen atoms in total. The smallest absolute Gasteiger partial charge is 0.221 e. The average Bonchev–Trinajstić information content (AvgIpc) is 2.49. The van der Waals surface area contributed by atoms with Crippen molar-refractivity contribution in [3.05, 3.63) is 0 Å². The molecule has 0 bridgehead atoms. The molecule has 16 heavy (non-hydrogen) atoms. The molecule has 0 aromatic rings. The molecule has 0 heterocycles. The molecule has 1 amide bonds. The van der Waals surface area contributed by atoms with Crippen LogP contribution in [-0.2, 0) is 4.79 Å². The Labute approximate surface area is 99.2 Å². The Morgan fingerprint density at radius 3 is 2.38 bits per heavy atom. The lowest BCUT2D eigenvalue weighted by Gasteiger charge is -2.23. The topological polar surface area (TPSA) is 55.1 Å². The molecule has 0 radical (unpaired) electrons. The first-order valence-electron chi connectivity index (χ1n) is 6.36. The number of nitrogens with one attached hydrogen (secondary N) is 1. The lowest BCUT2D eigenvalue weighted by atomic mass is 9.92. The van der Waals surface area contributed by atoms with Crippen LogP contribution in [0.1, 0.15) is 59.3 Å². The number of hydrogen-bond donors (Lipinski definition) is 2. The molecule has 1 aliphatic rings. The molecule has 0 saturated heterocycles. The normalized spacial score (nSPS) is 19.8. The predicted molar refractivity (Wildman–Crippen MR) is 67.1 cm³/mol. The van der Waals surface area contributed by atoms with E-state index in [1.54, 1.807) is 0 Å². The number of hydrogen-bond acceptors (Lipinski definition) is 2. The monoisotopic (exact) mass is 226 g/mol. The van der Waals surface area contributed by atoms with Crippen molar-refractivity contribution in [2.75, 3.05) is 6.54 Å². The number of amides is 1. The Kier molecular flexibility index (Phi) is 4.36. The van der Waals surface area contributed by atoms with Gasteiger partial charge in [-0.3, -0.25) is 4.79 Å². The summed E-state index contributed by atoms with van der Waals surface area (Å²) in [7, 11) is 0. The number of carbonyl (C=O) groups excluding carboxylic acids is 1. The summed E-state index contributed by atoms with van der Waals surface area (Å²) < 4.78 is 0. The maximum Gasteiger partial charge on any atom is 0.221 e. The quantitative estimate of drug-likeness (QED) is 0.772. The molecule has 1 saturated carbocycles. The SMILES string of the molecule is CC(C)(C)CCNC(=O)CC1(N)CCCC1. The van der Waals surface area contributed by atoms with Gasteiger partial charge in [-0.15, -0.1) is 0 Å². The molecule has 0 unspecified atom stereocenters. The molecular formula is C13H26N2O. The van der Waals surface area contributed by atoms with Gasteiger partial charge in [0, 0.05) is 18.5 Å². The van der Waals surface area contributed by atoms with Gasteiger partial charge in [0.15, 0.2) is 0 Å². The lowest BCUT2D eigenvalue weighted by molar-refractivity contribution is -0.122. The standard InChI is InChI=1S/C13H26N2O/c1-12(2,3)8-9-15-11(16)10-13(14)6-4-5-7-13/h4-10,14H2,1-3H3,(H,15,16). The van der Waals surface area contributed by atoms with Gasteiger partial charge in [-0.2, -0.15) is 0 Å². The molecule has 1 aliphatic carbocycles. The van der Waals surface area contributed by atoms with Crippen LogP contribution in [0.25, 0.3) is 0 Å². The van der Waals surface area contributed by atoms with E-state index in [1.165, 1.54) is 12.8 Å². The number of carbonyl (C=O) groups is 1. The second kappa shape index (κ2) is 5.17. The van der Waals surface area contributed by atoms with Crippen LogP contribution in [0.5, 0.6) is 0 Å². The van der Waals surface area contributed by atoms with Crippen LogP contribution in [0.4, 0.5) is 0 Å². The van der Waals surface area contributed by atoms with Gasteiger partial charge >= 0.3 is 0 Å². The summed E-state index contributed by atoms with van der Waals surface area (Å²) in [6, 6.07) is 0. The second-order valence-corrected chi connectivity index (χ2v) is 6.41. The minimum Gasteiger partial charge on any atom is -0.356 e. The summed E-state index contributed by atoms with van der Waals surface area (Å²) in [5.74, 6) is 0.119. The van der Waals surface area contributed by atoms with Crippen LogP contribution >= 0.6 is 0 Å². The van der Waals surface area contributed by atoms with Crippen molar-refractivity contribution >= 4 is 5.91 Å². The number of rotatable bonds is 4. The molecule has 0 aliphatic heterocycles. The third kappa shape index (κ3) is 4.97. The Hall–Kier alpha value is -0.570. The molecule has 3 N–H and O–H groups in total. The highest BCUT2D eigenvalue weighted by Gasteiger charge is 2.31. The average molecular weight is 226 g/mol. The molecular weight excluding hydrogens is 200 g/mol. The van der Waals surface area contributed by atoms with Crippen LogP contribution in [-0.4, -0.2) is 18.0 Å². The van der Waals surface area contributed by atoms with Gasteiger partial charge in [0.25, 0.3) is 0 Å². The molecule has 0 spiro atoms. The maximum absolute atomic E-state index is 11.7. The molecule has 1 rings (SSSR count). The first-order chi connectivity index (χ1) is 7.31. The zero-order valence-electron chi connectivity index (χ0n) is 10.9. The molecule has 1 fully saturated rings. The van der Waals surface area contributed by atoms with Gasteiger partial charge in [-0.25, -0.2) is 0 Å². The van der Waals surface area contributed by atoms with E-state index in [9.17, 15) is 4.79 Å². The molecule has 0 aromatic heterocycles. The second-order valence-electron chi connectivity index (χ2n) is 6.41. The van der Waals surface area contributed by atoms with E-state index in [4.69, 9.17) is 5.73 Å². The first kappa shape index (κ1) is 13.5. The Balaban J connectivity index is 2.21. The van der Waals surface area contributed by atoms with Gasteiger partial charge in [-0.1, -0.05) is 33.6 Å². The van der Waals surface area contributed by atoms with Crippen LogP contribution < -0.4 is 11.1 Å². The van der Waals surface area contributed by atoms with Crippen molar-refractivity contribution in [3.63, 3.8) is 0 Å². The fourth-order valence-corrected chi connectivity index (χ4v) is 2.22. The third-order valence-electron chi connectivity index (χ3n) is 3.31. The van der Waals surface area contributed by atoms with E-state index < -0.39 is 0 Å². The summed E-state index contributed by atoms with van der Waals surface area (Å²) in [6.45, 7) is 7.31. The zero-order valence-corrected chi connectivity index (χ0v) is 10.9. The fourth-order valence-electron chi connectivity index (χ4n) is 2.22. The largest absolute Gasteiger partial charge is 0.356 e. The van der Waals surface area contributed by atoms with E-state index in [0.29, 0.717) is 6.42 Å². The Morgan fingerprint density at radius 2 is 1.88 bits per heavy atom. The first-order valence-corrected chi connectivity index (χ1v) is 6.36. The minimum atomic E-state index is -0.216. The summed E-state index contributed by atoms with van der Waals surface area (Å²) in [4.78, 5) is 11.7. The van der Waals surface area contributed by atoms with E-state index in [-0.39, 0.29) is 16.9 Å². The summed E-state index contributed by atoms with van der Waals surface area (Å²) >= 11 is 0. The van der Waals surface area contributed by atoms with Gasteiger partial charge < -0.3 is 11.1 Å². The van der Waals surface area contributed by atoms with Crippen molar-refractivity contribution in [2.24, 2.45) is 11.1 Å². The summed E-state index contributed by atoms with van der Waals surface area (Å²) in [5.41, 5.74) is 6.22. The molecule has 0 atom stereocenters. The maximum atomic E-state index is 11.7. The molecule has 0 aromatic carbocycles. The van der Waals surface area contributed by atoms with Crippen LogP contribution in [0, 0.1) is 5.41 Å². The van der Waals surface area contributed by atoms with Gasteiger partial charge in [0.05, 0.1) is 0 Å². The summed E-state index contributed by atoms with van der Waals surface area (Å²) in [5, 5.41) is 2.97. The van der Waals surface area contributed by atoms with Crippen molar-refractivity contribution in [1.29, 1.82) is 0 Å². The van der Waals surface area contributed by atoms with Crippen LogP contribution in [0.3, 0.4) is 0 Å². The van der Waals surface area contributed by atoms with E-state index in [0.717, 1.165) is 25.8 Å². The van der Waals surface area contributed by atoms with Gasteiger partial charge in [-0.05, 0) is 24.7 Å². The lowest BCUT2D eigenvalue weighted by Crippen LogP contribution is -2.42. The van der Waals surface area contributed by atoms with Crippen molar-refractivity contribution in [2.45, 2.75) is 64.8 Å². The van der Waals surface area contributed by atoms with Crippen molar-refractivity contribution in [3.8, 4) is 0 Å². The molecule has 94 valence electrons. The third-order valence-corrected chi connectivity index (χ3v) is 3.31. The van der Waals surface area contributed by atoms with Crippen LogP contribution in [0.2, 0.25) is 0 Å². The Bertz CT molecular complexity index is 237. The predicted octanol–water partition coefficient (Wildman–Crippen LogP) is 2.20. The van der Waals surface area contributed by atoms with E-state index >= 15 is 0 Å². The van der Waals surface area contributed by atoms with Crippen LogP contribution in [0.15, 0.2) is 0 Å². The highest BCUT2D eigenvalue weighted by molar-refractivity contribution is 5.77. The van der Waals surface area contributed by atoms with Crippen molar-refractivity contribution in [1.82, 2.24) is 5.32 Å².